The Morgan fingerprint density at radius 2 is 1.91 bits per heavy atom. The summed E-state index contributed by atoms with van der Waals surface area (Å²) in [6, 6.07) is 0. The molecular formula is C9H21NO. The van der Waals surface area contributed by atoms with Gasteiger partial charge < -0.3 is 10.8 Å². The van der Waals surface area contributed by atoms with Gasteiger partial charge in [-0.15, -0.1) is 0 Å². The van der Waals surface area contributed by atoms with Crippen LogP contribution >= 0.6 is 0 Å². The van der Waals surface area contributed by atoms with E-state index in [-0.39, 0.29) is 0 Å². The fraction of sp³-hybridized carbons (Fsp3) is 1.00. The molecule has 0 saturated carbocycles. The Bertz CT molecular complexity index is 99.7. The van der Waals surface area contributed by atoms with E-state index in [0.717, 1.165) is 12.8 Å². The second-order valence-corrected chi connectivity index (χ2v) is 3.97. The van der Waals surface area contributed by atoms with Crippen LogP contribution in [0, 0.1) is 5.92 Å². The lowest BCUT2D eigenvalue weighted by molar-refractivity contribution is 0.0391. The van der Waals surface area contributed by atoms with Crippen LogP contribution in [0.2, 0.25) is 0 Å². The average Bonchev–Trinajstić information content (AvgIpc) is 1.84. The van der Waals surface area contributed by atoms with Crippen LogP contribution in [0.3, 0.4) is 0 Å². The first-order valence-corrected chi connectivity index (χ1v) is 4.40. The van der Waals surface area contributed by atoms with Crippen molar-refractivity contribution in [1.29, 1.82) is 0 Å². The first kappa shape index (κ1) is 10.9. The Hall–Kier alpha value is -0.0800. The molecule has 0 aromatic rings. The first-order chi connectivity index (χ1) is 4.98. The molecule has 0 aliphatic carbocycles. The van der Waals surface area contributed by atoms with Crippen molar-refractivity contribution in [3.8, 4) is 0 Å². The van der Waals surface area contributed by atoms with Gasteiger partial charge in [0.15, 0.2) is 0 Å². The molecule has 0 aromatic carbocycles. The van der Waals surface area contributed by atoms with Crippen LogP contribution in [0.25, 0.3) is 0 Å². The predicted octanol–water partition coefficient (Wildman–Crippen LogP) is 1.52. The Morgan fingerprint density at radius 1 is 1.36 bits per heavy atom. The summed E-state index contributed by atoms with van der Waals surface area (Å²) < 4.78 is 0. The molecule has 2 nitrogen and oxygen atoms in total. The van der Waals surface area contributed by atoms with E-state index in [2.05, 4.69) is 13.8 Å². The van der Waals surface area contributed by atoms with Gasteiger partial charge in [0, 0.05) is 0 Å². The van der Waals surface area contributed by atoms with Gasteiger partial charge in [0.1, 0.15) is 0 Å². The maximum Gasteiger partial charge on any atom is 0.0631 e. The maximum atomic E-state index is 9.68. The highest BCUT2D eigenvalue weighted by Gasteiger charge is 2.18. The third-order valence-corrected chi connectivity index (χ3v) is 1.94. The molecule has 0 amide bonds. The molecule has 1 atom stereocenters. The molecule has 0 aliphatic rings. The van der Waals surface area contributed by atoms with Gasteiger partial charge in [-0.25, -0.2) is 0 Å². The summed E-state index contributed by atoms with van der Waals surface area (Å²) in [7, 11) is 0. The van der Waals surface area contributed by atoms with Crippen molar-refractivity contribution in [1.82, 2.24) is 0 Å². The topological polar surface area (TPSA) is 46.2 Å². The molecule has 0 spiro atoms. The molecule has 0 rings (SSSR count). The van der Waals surface area contributed by atoms with Crippen molar-refractivity contribution in [3.63, 3.8) is 0 Å². The van der Waals surface area contributed by atoms with Gasteiger partial charge in [-0.2, -0.15) is 0 Å². The molecule has 0 aliphatic heterocycles. The summed E-state index contributed by atoms with van der Waals surface area (Å²) in [4.78, 5) is 0. The maximum absolute atomic E-state index is 9.68. The van der Waals surface area contributed by atoms with Gasteiger partial charge >= 0.3 is 0 Å². The number of nitrogens with two attached hydrogens (primary N) is 1. The van der Waals surface area contributed by atoms with E-state index >= 15 is 0 Å². The Balaban J connectivity index is 3.54. The molecule has 0 heterocycles. The summed E-state index contributed by atoms with van der Waals surface area (Å²) >= 11 is 0. The van der Waals surface area contributed by atoms with E-state index in [4.69, 9.17) is 5.73 Å². The molecule has 0 bridgehead atoms. The first-order valence-electron chi connectivity index (χ1n) is 4.40. The minimum absolute atomic E-state index is 0.543. The Morgan fingerprint density at radius 3 is 2.27 bits per heavy atom. The lowest BCUT2D eigenvalue weighted by Crippen LogP contribution is -2.27. The van der Waals surface area contributed by atoms with Crippen LogP contribution in [-0.2, 0) is 0 Å². The Labute approximate surface area is 69.8 Å². The van der Waals surface area contributed by atoms with Crippen molar-refractivity contribution in [2.75, 3.05) is 6.54 Å². The minimum atomic E-state index is -0.543. The van der Waals surface area contributed by atoms with E-state index in [1.54, 1.807) is 0 Å². The highest BCUT2D eigenvalue weighted by molar-refractivity contribution is 4.72. The zero-order valence-corrected chi connectivity index (χ0v) is 7.93. The number of aliphatic hydroxyl groups is 1. The third kappa shape index (κ3) is 6.32. The summed E-state index contributed by atoms with van der Waals surface area (Å²) in [6.45, 7) is 6.77. The van der Waals surface area contributed by atoms with Crippen molar-refractivity contribution in [2.24, 2.45) is 11.7 Å². The van der Waals surface area contributed by atoms with E-state index < -0.39 is 5.60 Å². The fourth-order valence-corrected chi connectivity index (χ4v) is 1.04. The van der Waals surface area contributed by atoms with Crippen molar-refractivity contribution >= 4 is 0 Å². The van der Waals surface area contributed by atoms with Gasteiger partial charge in [0.05, 0.1) is 5.60 Å². The largest absolute Gasteiger partial charge is 0.390 e. The summed E-state index contributed by atoms with van der Waals surface area (Å²) in [5, 5.41) is 9.68. The van der Waals surface area contributed by atoms with Crippen molar-refractivity contribution < 1.29 is 5.11 Å². The normalized spacial score (nSPS) is 16.9. The van der Waals surface area contributed by atoms with Gasteiger partial charge in [-0.3, -0.25) is 0 Å². The van der Waals surface area contributed by atoms with Gasteiger partial charge in [-0.1, -0.05) is 13.8 Å². The molecule has 11 heavy (non-hydrogen) atoms. The molecule has 3 N–H and O–H groups in total. The average molecular weight is 159 g/mol. The van der Waals surface area contributed by atoms with Crippen LogP contribution in [-0.4, -0.2) is 17.3 Å². The summed E-state index contributed by atoms with van der Waals surface area (Å²) in [5.41, 5.74) is 4.82. The van der Waals surface area contributed by atoms with Gasteiger partial charge in [-0.05, 0) is 38.6 Å². The van der Waals surface area contributed by atoms with Gasteiger partial charge in [0.25, 0.3) is 0 Å². The van der Waals surface area contributed by atoms with Crippen LogP contribution in [0.4, 0.5) is 0 Å². The predicted molar refractivity (Wildman–Crippen MR) is 48.4 cm³/mol. The van der Waals surface area contributed by atoms with Crippen molar-refractivity contribution in [3.05, 3.63) is 0 Å². The number of hydrogen-bond acceptors (Lipinski definition) is 2. The van der Waals surface area contributed by atoms with Crippen molar-refractivity contribution in [2.45, 2.75) is 45.6 Å². The molecule has 0 radical (unpaired) electrons. The molecule has 0 fully saturated rings. The van der Waals surface area contributed by atoms with Crippen LogP contribution in [0.5, 0.6) is 0 Å². The van der Waals surface area contributed by atoms with Crippen LogP contribution in [0.1, 0.15) is 40.0 Å². The molecule has 0 aromatic heterocycles. The number of hydrogen-bond donors (Lipinski definition) is 2. The standard InChI is InChI=1S/C9H21NO/c1-8(2)4-5-9(3,11)6-7-10/h8,11H,4-7,10H2,1-3H3. The molecule has 1 unspecified atom stereocenters. The molecular weight excluding hydrogens is 138 g/mol. The Kier molecular flexibility index (Phi) is 4.69. The smallest absolute Gasteiger partial charge is 0.0631 e. The lowest BCUT2D eigenvalue weighted by atomic mass is 9.92. The molecule has 0 saturated heterocycles. The molecule has 68 valence electrons. The van der Waals surface area contributed by atoms with Crippen LogP contribution in [0.15, 0.2) is 0 Å². The van der Waals surface area contributed by atoms with Crippen LogP contribution < -0.4 is 5.73 Å². The summed E-state index contributed by atoms with van der Waals surface area (Å²) in [5.74, 6) is 0.666. The van der Waals surface area contributed by atoms with E-state index in [9.17, 15) is 5.11 Å². The quantitative estimate of drug-likeness (QED) is 0.639. The van der Waals surface area contributed by atoms with E-state index in [1.807, 2.05) is 6.92 Å². The fourth-order valence-electron chi connectivity index (χ4n) is 1.04. The highest BCUT2D eigenvalue weighted by Crippen LogP contribution is 2.18. The highest BCUT2D eigenvalue weighted by atomic mass is 16.3. The molecule has 2 heteroatoms. The van der Waals surface area contributed by atoms with E-state index in [1.165, 1.54) is 0 Å². The minimum Gasteiger partial charge on any atom is -0.390 e. The monoisotopic (exact) mass is 159 g/mol. The van der Waals surface area contributed by atoms with E-state index in [0.29, 0.717) is 18.9 Å². The zero-order chi connectivity index (χ0) is 8.91. The number of rotatable bonds is 5. The second-order valence-electron chi connectivity index (χ2n) is 3.97. The summed E-state index contributed by atoms with van der Waals surface area (Å²) in [6.07, 6.45) is 2.65. The lowest BCUT2D eigenvalue weighted by Gasteiger charge is -2.23. The van der Waals surface area contributed by atoms with Gasteiger partial charge in [0.2, 0.25) is 0 Å². The third-order valence-electron chi connectivity index (χ3n) is 1.94. The SMILES string of the molecule is CC(C)CCC(C)(O)CCN. The zero-order valence-electron chi connectivity index (χ0n) is 7.93. The second kappa shape index (κ2) is 4.73.